The largest absolute Gasteiger partial charge is 0.483 e. The standard InChI is InChI=1S/C14H12BrFN2O3S/c15-11-6-9(16)3-4-12(11)21-8-13(19)18-14(20)17-7-10-2-1-5-22-10/h1-6H,7-8H2,(H2,17,18,19,20). The molecule has 0 aliphatic carbocycles. The number of thiophene rings is 1. The number of amides is 3. The minimum atomic E-state index is -0.597. The van der Waals surface area contributed by atoms with Crippen LogP contribution < -0.4 is 15.4 Å². The summed E-state index contributed by atoms with van der Waals surface area (Å²) in [5.74, 6) is -0.702. The van der Waals surface area contributed by atoms with Crippen LogP contribution >= 0.6 is 27.3 Å². The van der Waals surface area contributed by atoms with Crippen LogP contribution in [-0.2, 0) is 11.3 Å². The maximum Gasteiger partial charge on any atom is 0.321 e. The van der Waals surface area contributed by atoms with Crippen LogP contribution in [0.2, 0.25) is 0 Å². The molecule has 0 aliphatic rings. The second-order valence-electron chi connectivity index (χ2n) is 4.17. The number of imide groups is 1. The Morgan fingerprint density at radius 1 is 1.32 bits per heavy atom. The van der Waals surface area contributed by atoms with E-state index in [9.17, 15) is 14.0 Å². The third-order valence-corrected chi connectivity index (χ3v) is 4.01. The zero-order valence-corrected chi connectivity index (χ0v) is 13.7. The van der Waals surface area contributed by atoms with E-state index in [1.54, 1.807) is 0 Å². The van der Waals surface area contributed by atoms with Crippen molar-refractivity contribution in [3.05, 3.63) is 50.9 Å². The van der Waals surface area contributed by atoms with Gasteiger partial charge in [-0.15, -0.1) is 11.3 Å². The molecular weight excluding hydrogens is 375 g/mol. The zero-order chi connectivity index (χ0) is 15.9. The van der Waals surface area contributed by atoms with Gasteiger partial charge < -0.3 is 10.1 Å². The van der Waals surface area contributed by atoms with Crippen molar-refractivity contribution < 1.29 is 18.7 Å². The Labute approximate surface area is 138 Å². The molecule has 0 bridgehead atoms. The summed E-state index contributed by atoms with van der Waals surface area (Å²) in [7, 11) is 0. The van der Waals surface area contributed by atoms with E-state index in [0.717, 1.165) is 4.88 Å². The molecule has 0 aliphatic heterocycles. The minimum Gasteiger partial charge on any atom is -0.483 e. The third kappa shape index (κ3) is 5.12. The van der Waals surface area contributed by atoms with Gasteiger partial charge in [-0.2, -0.15) is 0 Å². The molecule has 1 heterocycles. The van der Waals surface area contributed by atoms with Gasteiger partial charge in [0.15, 0.2) is 6.61 Å². The summed E-state index contributed by atoms with van der Waals surface area (Å²) in [6.45, 7) is -0.00218. The van der Waals surface area contributed by atoms with Crippen molar-refractivity contribution in [2.45, 2.75) is 6.54 Å². The van der Waals surface area contributed by atoms with Gasteiger partial charge in [0.1, 0.15) is 11.6 Å². The summed E-state index contributed by atoms with van der Waals surface area (Å²) >= 11 is 4.63. The highest BCUT2D eigenvalue weighted by Gasteiger charge is 2.10. The fourth-order valence-corrected chi connectivity index (χ4v) is 2.63. The highest BCUT2D eigenvalue weighted by Crippen LogP contribution is 2.25. The number of benzene rings is 1. The van der Waals surface area contributed by atoms with Gasteiger partial charge in [0.05, 0.1) is 11.0 Å². The Morgan fingerprint density at radius 2 is 2.14 bits per heavy atom. The van der Waals surface area contributed by atoms with Gasteiger partial charge in [-0.05, 0) is 45.6 Å². The Hall–Kier alpha value is -1.93. The zero-order valence-electron chi connectivity index (χ0n) is 11.3. The molecule has 0 saturated carbocycles. The monoisotopic (exact) mass is 386 g/mol. The number of carbonyl (C=O) groups excluding carboxylic acids is 2. The van der Waals surface area contributed by atoms with Gasteiger partial charge in [-0.25, -0.2) is 9.18 Å². The average Bonchev–Trinajstić information content (AvgIpc) is 2.97. The van der Waals surface area contributed by atoms with E-state index in [2.05, 4.69) is 26.6 Å². The van der Waals surface area contributed by atoms with Gasteiger partial charge in [0, 0.05) is 4.88 Å². The molecule has 2 N–H and O–H groups in total. The van der Waals surface area contributed by atoms with Crippen LogP contribution in [0.15, 0.2) is 40.2 Å². The maximum atomic E-state index is 12.9. The van der Waals surface area contributed by atoms with Gasteiger partial charge in [0.25, 0.3) is 5.91 Å². The third-order valence-electron chi connectivity index (χ3n) is 2.51. The number of urea groups is 1. The summed E-state index contributed by atoms with van der Waals surface area (Å²) in [6, 6.07) is 6.98. The molecule has 0 spiro atoms. The van der Waals surface area contributed by atoms with Gasteiger partial charge in [-0.1, -0.05) is 6.07 Å². The molecule has 2 rings (SSSR count). The van der Waals surface area contributed by atoms with Crippen molar-refractivity contribution in [3.8, 4) is 5.75 Å². The van der Waals surface area contributed by atoms with E-state index in [1.165, 1.54) is 29.5 Å². The number of hydrogen-bond donors (Lipinski definition) is 2. The fraction of sp³-hybridized carbons (Fsp3) is 0.143. The first-order valence-electron chi connectivity index (χ1n) is 6.22. The Bertz CT molecular complexity index is 664. The van der Waals surface area contributed by atoms with Crippen LogP contribution in [0.1, 0.15) is 4.88 Å². The van der Waals surface area contributed by atoms with E-state index >= 15 is 0 Å². The summed E-state index contributed by atoms with van der Waals surface area (Å²) < 4.78 is 18.5. The smallest absolute Gasteiger partial charge is 0.321 e. The Kier molecular flexibility index (Phi) is 5.91. The molecule has 1 aromatic carbocycles. The van der Waals surface area contributed by atoms with Crippen LogP contribution in [0, 0.1) is 5.82 Å². The normalized spacial score (nSPS) is 10.1. The molecule has 22 heavy (non-hydrogen) atoms. The van der Waals surface area contributed by atoms with E-state index in [-0.39, 0.29) is 6.61 Å². The molecule has 0 fully saturated rings. The van der Waals surface area contributed by atoms with Crippen molar-refractivity contribution in [1.82, 2.24) is 10.6 Å². The second-order valence-corrected chi connectivity index (χ2v) is 6.06. The Balaban J connectivity index is 1.74. The van der Waals surface area contributed by atoms with Crippen LogP contribution in [-0.4, -0.2) is 18.5 Å². The maximum absolute atomic E-state index is 12.9. The molecule has 1 aromatic heterocycles. The molecule has 116 valence electrons. The van der Waals surface area contributed by atoms with E-state index in [1.807, 2.05) is 17.5 Å². The van der Waals surface area contributed by atoms with Crippen LogP contribution in [0.3, 0.4) is 0 Å². The van der Waals surface area contributed by atoms with Crippen LogP contribution in [0.4, 0.5) is 9.18 Å². The van der Waals surface area contributed by atoms with Crippen molar-refractivity contribution in [3.63, 3.8) is 0 Å². The van der Waals surface area contributed by atoms with E-state index in [4.69, 9.17) is 4.74 Å². The predicted molar refractivity (Wildman–Crippen MR) is 84.3 cm³/mol. The molecule has 0 saturated heterocycles. The Morgan fingerprint density at radius 3 is 2.82 bits per heavy atom. The highest BCUT2D eigenvalue weighted by molar-refractivity contribution is 9.10. The molecule has 0 unspecified atom stereocenters. The van der Waals surface area contributed by atoms with Crippen LogP contribution in [0.25, 0.3) is 0 Å². The SMILES string of the molecule is O=C(COc1ccc(F)cc1Br)NC(=O)NCc1cccs1. The average molecular weight is 387 g/mol. The second kappa shape index (κ2) is 7.90. The topological polar surface area (TPSA) is 67.4 Å². The fourth-order valence-electron chi connectivity index (χ4n) is 1.52. The van der Waals surface area contributed by atoms with Crippen molar-refractivity contribution in [2.24, 2.45) is 0 Å². The van der Waals surface area contributed by atoms with Crippen molar-refractivity contribution >= 4 is 39.2 Å². The lowest BCUT2D eigenvalue weighted by Gasteiger charge is -2.09. The van der Waals surface area contributed by atoms with Gasteiger partial charge in [0.2, 0.25) is 0 Å². The van der Waals surface area contributed by atoms with E-state index in [0.29, 0.717) is 16.8 Å². The molecule has 5 nitrogen and oxygen atoms in total. The molecule has 0 atom stereocenters. The molecule has 8 heteroatoms. The summed E-state index contributed by atoms with van der Waals surface area (Å²) in [6.07, 6.45) is 0. The number of ether oxygens (including phenoxy) is 1. The van der Waals surface area contributed by atoms with E-state index < -0.39 is 17.8 Å². The first kappa shape index (κ1) is 16.4. The quantitative estimate of drug-likeness (QED) is 0.829. The molecular formula is C14H12BrFN2O3S. The summed E-state index contributed by atoms with van der Waals surface area (Å²) in [5.41, 5.74) is 0. The van der Waals surface area contributed by atoms with Gasteiger partial charge in [-0.3, -0.25) is 10.1 Å². The summed E-state index contributed by atoms with van der Waals surface area (Å²) in [4.78, 5) is 24.1. The number of nitrogens with one attached hydrogen (secondary N) is 2. The summed E-state index contributed by atoms with van der Waals surface area (Å²) in [5, 5.41) is 6.60. The minimum absolute atomic E-state index is 0.315. The lowest BCUT2D eigenvalue weighted by Crippen LogP contribution is -2.41. The lowest BCUT2D eigenvalue weighted by atomic mass is 10.3. The van der Waals surface area contributed by atoms with Crippen molar-refractivity contribution in [2.75, 3.05) is 6.61 Å². The number of halogens is 2. The number of rotatable bonds is 5. The molecule has 3 amide bonds. The highest BCUT2D eigenvalue weighted by atomic mass is 79.9. The first-order valence-corrected chi connectivity index (χ1v) is 7.90. The van der Waals surface area contributed by atoms with Crippen LogP contribution in [0.5, 0.6) is 5.75 Å². The van der Waals surface area contributed by atoms with Gasteiger partial charge >= 0.3 is 6.03 Å². The number of hydrogen-bond acceptors (Lipinski definition) is 4. The lowest BCUT2D eigenvalue weighted by molar-refractivity contribution is -0.122. The predicted octanol–water partition coefficient (Wildman–Crippen LogP) is 3.05. The molecule has 2 aromatic rings. The van der Waals surface area contributed by atoms with Crippen molar-refractivity contribution in [1.29, 1.82) is 0 Å². The first-order chi connectivity index (χ1) is 10.5. The number of carbonyl (C=O) groups is 2. The molecule has 0 radical (unpaired) electrons.